The summed E-state index contributed by atoms with van der Waals surface area (Å²) in [5.41, 5.74) is 1.77. The number of aromatic carboxylic acids is 1. The molecule has 0 aliphatic heterocycles. The van der Waals surface area contributed by atoms with Crippen LogP contribution in [0, 0.1) is 0 Å². The lowest BCUT2D eigenvalue weighted by atomic mass is 10.1. The first-order chi connectivity index (χ1) is 8.72. The van der Waals surface area contributed by atoms with Crippen LogP contribution < -0.4 is 0 Å². The van der Waals surface area contributed by atoms with Gasteiger partial charge in [0, 0.05) is 7.11 Å². The molecule has 1 aromatic carbocycles. The fourth-order valence-electron chi connectivity index (χ4n) is 1.64. The quantitative estimate of drug-likeness (QED) is 0.857. The number of carboxylic acid groups (broad SMARTS) is 1. The summed E-state index contributed by atoms with van der Waals surface area (Å²) in [6.07, 6.45) is 2.13. The molecule has 1 heterocycles. The molecule has 0 aliphatic carbocycles. The Hall–Kier alpha value is -2.21. The molecule has 2 rings (SSSR count). The van der Waals surface area contributed by atoms with E-state index in [2.05, 4.69) is 10.3 Å². The molecule has 2 aromatic rings. The second kappa shape index (κ2) is 5.42. The van der Waals surface area contributed by atoms with Crippen molar-refractivity contribution in [2.75, 3.05) is 13.7 Å². The summed E-state index contributed by atoms with van der Waals surface area (Å²) >= 11 is 0. The monoisotopic (exact) mass is 247 g/mol. The number of carbonyl (C=O) groups is 1. The van der Waals surface area contributed by atoms with E-state index in [1.54, 1.807) is 7.11 Å². The summed E-state index contributed by atoms with van der Waals surface area (Å²) in [5, 5.41) is 16.2. The lowest BCUT2D eigenvalue weighted by Crippen LogP contribution is -2.03. The molecular weight excluding hydrogens is 234 g/mol. The lowest BCUT2D eigenvalue weighted by Gasteiger charge is -2.07. The predicted octanol–water partition coefficient (Wildman–Crippen LogP) is 1.15. The van der Waals surface area contributed by atoms with Gasteiger partial charge in [0.15, 0.2) is 5.69 Å². The van der Waals surface area contributed by atoms with Crippen molar-refractivity contribution in [3.05, 3.63) is 41.7 Å². The highest BCUT2D eigenvalue weighted by Crippen LogP contribution is 2.14. The van der Waals surface area contributed by atoms with E-state index in [0.717, 1.165) is 17.7 Å². The molecule has 0 atom stereocenters. The van der Waals surface area contributed by atoms with Crippen LogP contribution in [0.15, 0.2) is 30.5 Å². The van der Waals surface area contributed by atoms with Crippen molar-refractivity contribution in [3.8, 4) is 5.69 Å². The predicted molar refractivity (Wildman–Crippen MR) is 63.9 cm³/mol. The number of para-hydroxylation sites is 1. The maximum Gasteiger partial charge on any atom is 0.358 e. The highest BCUT2D eigenvalue weighted by molar-refractivity contribution is 5.84. The maximum atomic E-state index is 10.8. The highest BCUT2D eigenvalue weighted by atomic mass is 16.5. The molecule has 6 heteroatoms. The minimum Gasteiger partial charge on any atom is -0.476 e. The Kier molecular flexibility index (Phi) is 3.69. The molecule has 1 N–H and O–H groups in total. The number of benzene rings is 1. The van der Waals surface area contributed by atoms with Gasteiger partial charge in [-0.2, -0.15) is 0 Å². The van der Waals surface area contributed by atoms with Gasteiger partial charge in [0.05, 0.1) is 18.5 Å². The molecule has 0 amide bonds. The van der Waals surface area contributed by atoms with E-state index in [-0.39, 0.29) is 5.69 Å². The van der Waals surface area contributed by atoms with Gasteiger partial charge >= 0.3 is 5.97 Å². The van der Waals surface area contributed by atoms with E-state index < -0.39 is 5.97 Å². The van der Waals surface area contributed by atoms with Crippen LogP contribution in [0.1, 0.15) is 16.1 Å². The average molecular weight is 247 g/mol. The Labute approximate surface area is 104 Å². The van der Waals surface area contributed by atoms with Crippen LogP contribution in [0.5, 0.6) is 0 Å². The molecule has 18 heavy (non-hydrogen) atoms. The fourth-order valence-corrected chi connectivity index (χ4v) is 1.64. The Morgan fingerprint density at radius 3 is 2.89 bits per heavy atom. The maximum absolute atomic E-state index is 10.8. The third-order valence-electron chi connectivity index (χ3n) is 2.53. The zero-order valence-electron chi connectivity index (χ0n) is 9.91. The van der Waals surface area contributed by atoms with Crippen molar-refractivity contribution >= 4 is 5.97 Å². The van der Waals surface area contributed by atoms with E-state index in [4.69, 9.17) is 9.84 Å². The Bertz CT molecular complexity index is 551. The Balaban J connectivity index is 2.33. The number of aromatic nitrogens is 3. The largest absolute Gasteiger partial charge is 0.476 e. The van der Waals surface area contributed by atoms with Gasteiger partial charge in [0.2, 0.25) is 0 Å². The van der Waals surface area contributed by atoms with E-state index in [1.807, 2.05) is 24.3 Å². The average Bonchev–Trinajstić information content (AvgIpc) is 2.86. The Morgan fingerprint density at radius 1 is 1.44 bits per heavy atom. The summed E-state index contributed by atoms with van der Waals surface area (Å²) in [4.78, 5) is 10.8. The molecule has 0 unspecified atom stereocenters. The van der Waals surface area contributed by atoms with Crippen molar-refractivity contribution in [2.24, 2.45) is 0 Å². The zero-order valence-corrected chi connectivity index (χ0v) is 9.91. The lowest BCUT2D eigenvalue weighted by molar-refractivity contribution is 0.0690. The van der Waals surface area contributed by atoms with Crippen molar-refractivity contribution in [3.63, 3.8) is 0 Å². The van der Waals surface area contributed by atoms with Crippen LogP contribution in [0.4, 0.5) is 0 Å². The zero-order chi connectivity index (χ0) is 13.0. The van der Waals surface area contributed by atoms with Crippen molar-refractivity contribution in [1.82, 2.24) is 15.0 Å². The fraction of sp³-hybridized carbons (Fsp3) is 0.250. The van der Waals surface area contributed by atoms with Gasteiger partial charge in [-0.3, -0.25) is 0 Å². The van der Waals surface area contributed by atoms with Crippen LogP contribution in [-0.2, 0) is 11.2 Å². The summed E-state index contributed by atoms with van der Waals surface area (Å²) in [6, 6.07) is 7.61. The number of rotatable bonds is 5. The second-order valence-corrected chi connectivity index (χ2v) is 3.73. The minimum atomic E-state index is -1.09. The molecule has 0 bridgehead atoms. The van der Waals surface area contributed by atoms with Gasteiger partial charge in [-0.05, 0) is 18.1 Å². The van der Waals surface area contributed by atoms with Crippen LogP contribution >= 0.6 is 0 Å². The van der Waals surface area contributed by atoms with Gasteiger partial charge < -0.3 is 9.84 Å². The Morgan fingerprint density at radius 2 is 2.22 bits per heavy atom. The van der Waals surface area contributed by atoms with E-state index in [1.165, 1.54) is 10.9 Å². The molecule has 0 radical (unpaired) electrons. The number of nitrogens with zero attached hydrogens (tertiary/aromatic N) is 3. The normalized spacial score (nSPS) is 10.5. The number of carboxylic acids is 1. The second-order valence-electron chi connectivity index (χ2n) is 3.73. The third kappa shape index (κ3) is 2.54. The van der Waals surface area contributed by atoms with E-state index in [9.17, 15) is 4.79 Å². The first-order valence-corrected chi connectivity index (χ1v) is 5.45. The van der Waals surface area contributed by atoms with Crippen LogP contribution in [-0.4, -0.2) is 39.8 Å². The summed E-state index contributed by atoms with van der Waals surface area (Å²) in [5.74, 6) is -1.09. The van der Waals surface area contributed by atoms with Crippen molar-refractivity contribution in [2.45, 2.75) is 6.42 Å². The van der Waals surface area contributed by atoms with Gasteiger partial charge in [0.25, 0.3) is 0 Å². The molecule has 0 spiro atoms. The molecule has 1 aromatic heterocycles. The smallest absolute Gasteiger partial charge is 0.358 e. The van der Waals surface area contributed by atoms with Crippen molar-refractivity contribution in [1.29, 1.82) is 0 Å². The van der Waals surface area contributed by atoms with Crippen LogP contribution in [0.3, 0.4) is 0 Å². The van der Waals surface area contributed by atoms with E-state index >= 15 is 0 Å². The first-order valence-electron chi connectivity index (χ1n) is 5.45. The van der Waals surface area contributed by atoms with Gasteiger partial charge in [-0.15, -0.1) is 5.10 Å². The third-order valence-corrected chi connectivity index (χ3v) is 2.53. The number of hydrogen-bond donors (Lipinski definition) is 1. The topological polar surface area (TPSA) is 77.2 Å². The van der Waals surface area contributed by atoms with Gasteiger partial charge in [-0.1, -0.05) is 23.4 Å². The van der Waals surface area contributed by atoms with Crippen molar-refractivity contribution < 1.29 is 14.6 Å². The molecule has 0 fully saturated rings. The number of hydrogen-bond acceptors (Lipinski definition) is 4. The SMILES string of the molecule is COCCc1ccccc1-n1cc(C(=O)O)nn1. The number of methoxy groups -OCH3 is 1. The molecule has 0 saturated heterocycles. The molecule has 6 nitrogen and oxygen atoms in total. The van der Waals surface area contributed by atoms with Gasteiger partial charge in [0.1, 0.15) is 0 Å². The summed E-state index contributed by atoms with van der Waals surface area (Å²) in [7, 11) is 1.64. The highest BCUT2D eigenvalue weighted by Gasteiger charge is 2.11. The van der Waals surface area contributed by atoms with Crippen LogP contribution in [0.2, 0.25) is 0 Å². The molecule has 0 aliphatic rings. The first kappa shape index (κ1) is 12.3. The molecule has 94 valence electrons. The summed E-state index contributed by atoms with van der Waals surface area (Å²) < 4.78 is 6.51. The summed E-state index contributed by atoms with van der Waals surface area (Å²) in [6.45, 7) is 0.595. The standard InChI is InChI=1S/C12H13N3O3/c1-18-7-6-9-4-2-3-5-11(9)15-8-10(12(16)17)13-14-15/h2-5,8H,6-7H2,1H3,(H,16,17). The molecular formula is C12H13N3O3. The van der Waals surface area contributed by atoms with Gasteiger partial charge in [-0.25, -0.2) is 9.48 Å². The van der Waals surface area contributed by atoms with E-state index in [0.29, 0.717) is 6.61 Å². The molecule has 0 saturated carbocycles. The number of ether oxygens (including phenoxy) is 1. The minimum absolute atomic E-state index is 0.0726. The van der Waals surface area contributed by atoms with Crippen LogP contribution in [0.25, 0.3) is 5.69 Å².